The zero-order valence-electron chi connectivity index (χ0n) is 13.7. The number of hydrogen-bond acceptors (Lipinski definition) is 5. The molecule has 0 aromatic heterocycles. The Labute approximate surface area is 131 Å². The fourth-order valence-corrected chi connectivity index (χ4v) is 4.04. The van der Waals surface area contributed by atoms with Gasteiger partial charge >= 0.3 is 11.9 Å². The lowest BCUT2D eigenvalue weighted by Gasteiger charge is -2.47. The van der Waals surface area contributed by atoms with Crippen molar-refractivity contribution in [3.05, 3.63) is 11.6 Å². The molecule has 0 amide bonds. The SMILES string of the molecule is CCOC(=O)[C@@H]1[C@H](C(=O)OCC)C[C@H]2C=C(C)C(=O)[C@]1(C)C2. The molecule has 0 aromatic rings. The highest BCUT2D eigenvalue weighted by Gasteiger charge is 2.58. The number of Topliss-reactive ketones (excluding diaryl/α,β-unsaturated/α-hetero) is 1. The van der Waals surface area contributed by atoms with E-state index in [4.69, 9.17) is 9.47 Å². The Balaban J connectivity index is 2.44. The van der Waals surface area contributed by atoms with E-state index >= 15 is 0 Å². The van der Waals surface area contributed by atoms with E-state index in [0.717, 1.165) is 0 Å². The van der Waals surface area contributed by atoms with Gasteiger partial charge in [-0.25, -0.2) is 0 Å². The highest BCUT2D eigenvalue weighted by atomic mass is 16.5. The van der Waals surface area contributed by atoms with Crippen molar-refractivity contribution < 1.29 is 23.9 Å². The van der Waals surface area contributed by atoms with Crippen LogP contribution in [0, 0.1) is 23.2 Å². The number of rotatable bonds is 4. The standard InChI is InChI=1S/C17H24O5/c1-5-21-15(19)12-8-11-7-10(3)14(18)17(4,9-11)13(12)16(20)22-6-2/h7,11-13H,5-6,8-9H2,1-4H3/t11-,12-,13+,17-/m1/s1. The van der Waals surface area contributed by atoms with E-state index < -0.39 is 29.2 Å². The molecule has 5 heteroatoms. The average Bonchev–Trinajstić information content (AvgIpc) is 2.44. The number of esters is 2. The molecule has 4 atom stereocenters. The highest BCUT2D eigenvalue weighted by molar-refractivity contribution is 6.03. The first-order valence-corrected chi connectivity index (χ1v) is 7.91. The van der Waals surface area contributed by atoms with E-state index in [-0.39, 0.29) is 24.9 Å². The van der Waals surface area contributed by atoms with Crippen LogP contribution in [0.4, 0.5) is 0 Å². The van der Waals surface area contributed by atoms with Gasteiger partial charge in [-0.05, 0) is 45.1 Å². The minimum absolute atomic E-state index is 0.0594. The van der Waals surface area contributed by atoms with E-state index in [0.29, 0.717) is 18.4 Å². The first kappa shape index (κ1) is 16.7. The third-order valence-corrected chi connectivity index (χ3v) is 4.82. The average molecular weight is 308 g/mol. The maximum absolute atomic E-state index is 12.7. The zero-order chi connectivity index (χ0) is 16.5. The van der Waals surface area contributed by atoms with Gasteiger partial charge in [-0.2, -0.15) is 0 Å². The van der Waals surface area contributed by atoms with Gasteiger partial charge in [0.1, 0.15) is 0 Å². The molecule has 0 radical (unpaired) electrons. The van der Waals surface area contributed by atoms with E-state index in [9.17, 15) is 14.4 Å². The molecule has 0 aliphatic heterocycles. The minimum atomic E-state index is -0.884. The summed E-state index contributed by atoms with van der Waals surface area (Å²) in [5.74, 6) is -2.18. The maximum Gasteiger partial charge on any atom is 0.310 e. The van der Waals surface area contributed by atoms with E-state index in [1.807, 2.05) is 6.08 Å². The van der Waals surface area contributed by atoms with Crippen molar-refractivity contribution in [3.8, 4) is 0 Å². The van der Waals surface area contributed by atoms with Crippen molar-refractivity contribution in [1.82, 2.24) is 0 Å². The third-order valence-electron chi connectivity index (χ3n) is 4.82. The van der Waals surface area contributed by atoms with Crippen molar-refractivity contribution in [2.75, 3.05) is 13.2 Å². The molecule has 1 saturated carbocycles. The van der Waals surface area contributed by atoms with Crippen LogP contribution in [0.2, 0.25) is 0 Å². The lowest BCUT2D eigenvalue weighted by atomic mass is 9.54. The number of ketones is 1. The van der Waals surface area contributed by atoms with Crippen LogP contribution in [0.15, 0.2) is 11.6 Å². The molecule has 2 aliphatic carbocycles. The second-order valence-electron chi connectivity index (χ2n) is 6.38. The lowest BCUT2D eigenvalue weighted by Crippen LogP contribution is -2.54. The molecule has 2 rings (SSSR count). The van der Waals surface area contributed by atoms with Crippen LogP contribution in [0.5, 0.6) is 0 Å². The Morgan fingerprint density at radius 2 is 1.82 bits per heavy atom. The molecule has 0 saturated heterocycles. The Kier molecular flexibility index (Phi) is 4.73. The second-order valence-corrected chi connectivity index (χ2v) is 6.38. The smallest absolute Gasteiger partial charge is 0.310 e. The van der Waals surface area contributed by atoms with E-state index in [2.05, 4.69) is 0 Å². The topological polar surface area (TPSA) is 69.7 Å². The number of hydrogen-bond donors (Lipinski definition) is 0. The fraction of sp³-hybridized carbons (Fsp3) is 0.706. The van der Waals surface area contributed by atoms with Gasteiger partial charge < -0.3 is 9.47 Å². The summed E-state index contributed by atoms with van der Waals surface area (Å²) in [6.07, 6.45) is 3.04. The number of carbonyl (C=O) groups excluding carboxylic acids is 3. The van der Waals surface area contributed by atoms with Gasteiger partial charge in [-0.15, -0.1) is 0 Å². The Hall–Kier alpha value is -1.65. The molecule has 122 valence electrons. The van der Waals surface area contributed by atoms with Crippen LogP contribution in [0.1, 0.15) is 40.5 Å². The number of fused-ring (bicyclic) bond motifs is 2. The normalized spacial score (nSPS) is 33.9. The molecular weight excluding hydrogens is 284 g/mol. The maximum atomic E-state index is 12.7. The molecule has 5 nitrogen and oxygen atoms in total. The zero-order valence-corrected chi connectivity index (χ0v) is 13.7. The minimum Gasteiger partial charge on any atom is -0.466 e. The molecule has 2 bridgehead atoms. The van der Waals surface area contributed by atoms with Crippen LogP contribution in [-0.4, -0.2) is 30.9 Å². The summed E-state index contributed by atoms with van der Waals surface area (Å²) in [7, 11) is 0. The second kappa shape index (κ2) is 6.23. The Morgan fingerprint density at radius 3 is 2.41 bits per heavy atom. The van der Waals surface area contributed by atoms with Gasteiger partial charge in [0.2, 0.25) is 0 Å². The molecule has 22 heavy (non-hydrogen) atoms. The summed E-state index contributed by atoms with van der Waals surface area (Å²) >= 11 is 0. The van der Waals surface area contributed by atoms with Crippen LogP contribution >= 0.6 is 0 Å². The Bertz CT molecular complexity index is 521. The largest absolute Gasteiger partial charge is 0.466 e. The molecular formula is C17H24O5. The van der Waals surface area contributed by atoms with Crippen molar-refractivity contribution >= 4 is 17.7 Å². The number of carbonyl (C=O) groups is 3. The van der Waals surface area contributed by atoms with Crippen molar-refractivity contribution in [2.45, 2.75) is 40.5 Å². The van der Waals surface area contributed by atoms with Crippen molar-refractivity contribution in [1.29, 1.82) is 0 Å². The Morgan fingerprint density at radius 1 is 1.23 bits per heavy atom. The molecule has 0 N–H and O–H groups in total. The van der Waals surface area contributed by atoms with Gasteiger partial charge in [-0.3, -0.25) is 14.4 Å². The molecule has 0 spiro atoms. The summed E-state index contributed by atoms with van der Waals surface area (Å²) in [6, 6.07) is 0. The molecule has 1 fully saturated rings. The summed E-state index contributed by atoms with van der Waals surface area (Å²) < 4.78 is 10.3. The van der Waals surface area contributed by atoms with Gasteiger partial charge in [-0.1, -0.05) is 13.0 Å². The van der Waals surface area contributed by atoms with Gasteiger partial charge in [0.25, 0.3) is 0 Å². The highest BCUT2D eigenvalue weighted by Crippen LogP contribution is 2.52. The first-order valence-electron chi connectivity index (χ1n) is 7.91. The van der Waals surface area contributed by atoms with Gasteiger partial charge in [0.15, 0.2) is 5.78 Å². The molecule has 0 aromatic carbocycles. The summed E-state index contributed by atoms with van der Waals surface area (Å²) in [4.78, 5) is 37.5. The van der Waals surface area contributed by atoms with Crippen molar-refractivity contribution in [2.24, 2.45) is 23.2 Å². The lowest BCUT2D eigenvalue weighted by molar-refractivity contribution is -0.173. The molecule has 0 unspecified atom stereocenters. The summed E-state index contributed by atoms with van der Waals surface area (Å²) in [5.41, 5.74) is -0.207. The van der Waals surface area contributed by atoms with Gasteiger partial charge in [0, 0.05) is 5.41 Å². The monoisotopic (exact) mass is 308 g/mol. The fourth-order valence-electron chi connectivity index (χ4n) is 4.04. The van der Waals surface area contributed by atoms with E-state index in [1.54, 1.807) is 27.7 Å². The first-order chi connectivity index (χ1) is 10.3. The van der Waals surface area contributed by atoms with Crippen LogP contribution in [0.3, 0.4) is 0 Å². The predicted octanol–water partition coefficient (Wildman–Crippen LogP) is 2.29. The summed E-state index contributed by atoms with van der Waals surface area (Å²) in [5, 5.41) is 0. The van der Waals surface area contributed by atoms with Crippen molar-refractivity contribution in [3.63, 3.8) is 0 Å². The number of allylic oxidation sites excluding steroid dienone is 2. The molecule has 2 aliphatic rings. The van der Waals surface area contributed by atoms with Crippen LogP contribution < -0.4 is 0 Å². The molecule has 0 heterocycles. The van der Waals surface area contributed by atoms with Crippen LogP contribution in [-0.2, 0) is 23.9 Å². The number of ether oxygens (including phenoxy) is 2. The van der Waals surface area contributed by atoms with Crippen LogP contribution in [0.25, 0.3) is 0 Å². The summed E-state index contributed by atoms with van der Waals surface area (Å²) in [6.45, 7) is 7.50. The predicted molar refractivity (Wildman–Crippen MR) is 79.8 cm³/mol. The van der Waals surface area contributed by atoms with E-state index in [1.165, 1.54) is 0 Å². The third kappa shape index (κ3) is 2.69. The van der Waals surface area contributed by atoms with Gasteiger partial charge in [0.05, 0.1) is 25.0 Å². The quantitative estimate of drug-likeness (QED) is 0.745.